The van der Waals surface area contributed by atoms with E-state index in [1.807, 2.05) is 0 Å². The van der Waals surface area contributed by atoms with E-state index in [9.17, 15) is 0 Å². The van der Waals surface area contributed by atoms with Crippen molar-refractivity contribution in [3.8, 4) is 0 Å². The Morgan fingerprint density at radius 2 is 1.19 bits per heavy atom. The number of allylic oxidation sites excluding steroid dienone is 4. The monoisotopic (exact) mass is 353 g/mol. The highest BCUT2D eigenvalue weighted by Crippen LogP contribution is 2.34. The van der Waals surface area contributed by atoms with E-state index in [0.717, 1.165) is 29.9 Å². The van der Waals surface area contributed by atoms with Crippen molar-refractivity contribution in [1.82, 2.24) is 0 Å². The van der Waals surface area contributed by atoms with Crippen LogP contribution in [0.3, 0.4) is 0 Å². The molecule has 136 valence electrons. The van der Waals surface area contributed by atoms with Crippen molar-refractivity contribution >= 4 is 22.6 Å². The molecule has 0 N–H and O–H groups in total. The summed E-state index contributed by atoms with van der Waals surface area (Å²) in [7, 11) is 0. The number of rotatable bonds is 7. The van der Waals surface area contributed by atoms with Crippen LogP contribution in [0.4, 0.5) is 17.1 Å². The van der Waals surface area contributed by atoms with E-state index in [4.69, 9.17) is 0 Å². The van der Waals surface area contributed by atoms with Crippen molar-refractivity contribution in [2.24, 2.45) is 0 Å². The van der Waals surface area contributed by atoms with E-state index in [2.05, 4.69) is 122 Å². The SMILES string of the molecule is CC/C=C\C(=C/CC)c1ccc(N(c2ccccc2)c2ccccc2)cc1. The van der Waals surface area contributed by atoms with Crippen molar-refractivity contribution in [2.75, 3.05) is 4.90 Å². The molecule has 0 heterocycles. The lowest BCUT2D eigenvalue weighted by Gasteiger charge is -2.25. The normalized spacial score (nSPS) is 11.7. The topological polar surface area (TPSA) is 3.24 Å². The molecule has 0 aromatic heterocycles. The first kappa shape index (κ1) is 18.7. The van der Waals surface area contributed by atoms with E-state index in [0.29, 0.717) is 0 Å². The molecule has 0 aliphatic rings. The first-order valence-electron chi connectivity index (χ1n) is 9.70. The van der Waals surface area contributed by atoms with Gasteiger partial charge >= 0.3 is 0 Å². The third kappa shape index (κ3) is 4.77. The molecular weight excluding hydrogens is 326 g/mol. The largest absolute Gasteiger partial charge is 0.311 e. The maximum atomic E-state index is 2.29. The molecule has 0 unspecified atom stereocenters. The molecule has 0 radical (unpaired) electrons. The van der Waals surface area contributed by atoms with Gasteiger partial charge in [0, 0.05) is 17.1 Å². The quantitative estimate of drug-likeness (QED) is 0.390. The van der Waals surface area contributed by atoms with Crippen molar-refractivity contribution in [2.45, 2.75) is 26.7 Å². The van der Waals surface area contributed by atoms with Gasteiger partial charge in [0.1, 0.15) is 0 Å². The highest BCUT2D eigenvalue weighted by atomic mass is 15.1. The van der Waals surface area contributed by atoms with Crippen LogP contribution in [0.25, 0.3) is 5.57 Å². The van der Waals surface area contributed by atoms with Gasteiger partial charge in [0.05, 0.1) is 0 Å². The van der Waals surface area contributed by atoms with Crippen molar-refractivity contribution in [3.63, 3.8) is 0 Å². The number of nitrogens with zero attached hydrogens (tertiary/aromatic N) is 1. The molecule has 0 spiro atoms. The summed E-state index contributed by atoms with van der Waals surface area (Å²) < 4.78 is 0. The molecule has 3 rings (SSSR count). The first-order chi connectivity index (χ1) is 13.3. The molecule has 0 saturated carbocycles. The third-order valence-corrected chi connectivity index (χ3v) is 4.44. The third-order valence-electron chi connectivity index (χ3n) is 4.44. The maximum absolute atomic E-state index is 2.29. The molecule has 0 saturated heterocycles. The van der Waals surface area contributed by atoms with Gasteiger partial charge < -0.3 is 4.90 Å². The van der Waals surface area contributed by atoms with E-state index in [1.165, 1.54) is 11.1 Å². The van der Waals surface area contributed by atoms with Gasteiger partial charge in [0.25, 0.3) is 0 Å². The van der Waals surface area contributed by atoms with E-state index < -0.39 is 0 Å². The summed E-state index contributed by atoms with van der Waals surface area (Å²) in [6.45, 7) is 4.35. The lowest BCUT2D eigenvalue weighted by Crippen LogP contribution is -2.09. The van der Waals surface area contributed by atoms with Crippen molar-refractivity contribution < 1.29 is 0 Å². The van der Waals surface area contributed by atoms with Gasteiger partial charge in [0.2, 0.25) is 0 Å². The molecule has 3 aromatic rings. The number of benzene rings is 3. The summed E-state index contributed by atoms with van der Waals surface area (Å²) in [5, 5.41) is 0. The van der Waals surface area contributed by atoms with E-state index >= 15 is 0 Å². The average molecular weight is 354 g/mol. The molecule has 0 amide bonds. The van der Waals surface area contributed by atoms with Crippen LogP contribution in [0.1, 0.15) is 32.3 Å². The fourth-order valence-corrected chi connectivity index (χ4v) is 3.15. The maximum Gasteiger partial charge on any atom is 0.0462 e. The minimum Gasteiger partial charge on any atom is -0.311 e. The van der Waals surface area contributed by atoms with Gasteiger partial charge in [-0.1, -0.05) is 80.6 Å². The molecule has 1 heteroatoms. The van der Waals surface area contributed by atoms with Crippen LogP contribution < -0.4 is 4.90 Å². The van der Waals surface area contributed by atoms with Crippen molar-refractivity contribution in [3.05, 3.63) is 109 Å². The second-order valence-corrected chi connectivity index (χ2v) is 6.43. The molecule has 0 aliphatic carbocycles. The lowest BCUT2D eigenvalue weighted by molar-refractivity contribution is 1.21. The minimum absolute atomic E-state index is 1.03. The predicted molar refractivity (Wildman–Crippen MR) is 119 cm³/mol. The Labute approximate surface area is 163 Å². The standard InChI is InChI=1S/C26H27N/c1-3-5-13-22(12-4-2)23-18-20-26(21-19-23)27(24-14-8-6-9-15-24)25-16-10-7-11-17-25/h5-21H,3-4H2,1-2H3/b13-5-,22-12+. The molecule has 1 nitrogen and oxygen atoms in total. The number of para-hydroxylation sites is 2. The lowest BCUT2D eigenvalue weighted by atomic mass is 10.0. The molecular formula is C26H27N. The fraction of sp³-hybridized carbons (Fsp3) is 0.154. The van der Waals surface area contributed by atoms with Gasteiger partial charge in [-0.3, -0.25) is 0 Å². The Kier molecular flexibility index (Phi) is 6.65. The highest BCUT2D eigenvalue weighted by molar-refractivity contribution is 5.79. The van der Waals surface area contributed by atoms with Gasteiger partial charge in [-0.15, -0.1) is 0 Å². The number of hydrogen-bond donors (Lipinski definition) is 0. The fourth-order valence-electron chi connectivity index (χ4n) is 3.15. The number of hydrogen-bond acceptors (Lipinski definition) is 1. The first-order valence-corrected chi connectivity index (χ1v) is 9.70. The Bertz CT molecular complexity index is 835. The zero-order chi connectivity index (χ0) is 18.9. The van der Waals surface area contributed by atoms with Crippen LogP contribution in [0.15, 0.2) is 103 Å². The summed E-state index contributed by atoms with van der Waals surface area (Å²) >= 11 is 0. The molecule has 0 atom stereocenters. The molecule has 3 aromatic carbocycles. The Morgan fingerprint density at radius 1 is 0.667 bits per heavy atom. The van der Waals surface area contributed by atoms with Crippen molar-refractivity contribution in [1.29, 1.82) is 0 Å². The number of anilines is 3. The van der Waals surface area contributed by atoms with Crippen LogP contribution in [-0.4, -0.2) is 0 Å². The van der Waals surface area contributed by atoms with Gasteiger partial charge in [0.15, 0.2) is 0 Å². The predicted octanol–water partition coefficient (Wildman–Crippen LogP) is 7.92. The van der Waals surface area contributed by atoms with Crippen LogP contribution in [0, 0.1) is 0 Å². The molecule has 0 fully saturated rings. The van der Waals surface area contributed by atoms with Crippen LogP contribution in [0.2, 0.25) is 0 Å². The summed E-state index contributed by atoms with van der Waals surface area (Å²) in [5.74, 6) is 0. The summed E-state index contributed by atoms with van der Waals surface area (Å²) in [6, 6.07) is 29.9. The Morgan fingerprint density at radius 3 is 1.67 bits per heavy atom. The Balaban J connectivity index is 1.99. The van der Waals surface area contributed by atoms with Gasteiger partial charge in [-0.2, -0.15) is 0 Å². The second kappa shape index (κ2) is 9.59. The summed E-state index contributed by atoms with van der Waals surface area (Å²) in [5.41, 5.74) is 6.02. The van der Waals surface area contributed by atoms with Crippen LogP contribution >= 0.6 is 0 Å². The van der Waals surface area contributed by atoms with Crippen LogP contribution in [-0.2, 0) is 0 Å². The summed E-state index contributed by atoms with van der Waals surface area (Å²) in [4.78, 5) is 2.29. The zero-order valence-electron chi connectivity index (χ0n) is 16.2. The van der Waals surface area contributed by atoms with Gasteiger partial charge in [-0.05, 0) is 60.4 Å². The molecule has 27 heavy (non-hydrogen) atoms. The molecule has 0 aliphatic heterocycles. The van der Waals surface area contributed by atoms with E-state index in [1.54, 1.807) is 0 Å². The van der Waals surface area contributed by atoms with Crippen LogP contribution in [0.5, 0.6) is 0 Å². The van der Waals surface area contributed by atoms with Gasteiger partial charge in [-0.25, -0.2) is 0 Å². The minimum atomic E-state index is 1.03. The highest BCUT2D eigenvalue weighted by Gasteiger charge is 2.11. The Hall–Kier alpha value is -3.06. The zero-order valence-corrected chi connectivity index (χ0v) is 16.2. The summed E-state index contributed by atoms with van der Waals surface area (Å²) in [6.07, 6.45) is 8.81. The average Bonchev–Trinajstić information content (AvgIpc) is 2.73. The van der Waals surface area contributed by atoms with E-state index in [-0.39, 0.29) is 0 Å². The second-order valence-electron chi connectivity index (χ2n) is 6.43. The molecule has 0 bridgehead atoms. The smallest absolute Gasteiger partial charge is 0.0462 e.